The summed E-state index contributed by atoms with van der Waals surface area (Å²) in [6, 6.07) is 10.7. The Labute approximate surface area is 365 Å². The lowest BCUT2D eigenvalue weighted by atomic mass is 9.92. The summed E-state index contributed by atoms with van der Waals surface area (Å²) in [5.74, 6) is -0.880. The van der Waals surface area contributed by atoms with E-state index in [1.54, 1.807) is 44.2 Å². The molecule has 2 aliphatic rings. The number of nitrogen functional groups attached to an aromatic ring is 1. The first-order valence-corrected chi connectivity index (χ1v) is 23.9. The third kappa shape index (κ3) is 14.1. The Bertz CT molecular complexity index is 1860. The first-order chi connectivity index (χ1) is 28.9. The van der Waals surface area contributed by atoms with E-state index < -0.39 is 50.2 Å². The van der Waals surface area contributed by atoms with Gasteiger partial charge in [-0.05, 0) is 50.1 Å². The first kappa shape index (κ1) is 48.6. The molecule has 14 nitrogen and oxygen atoms in total. The van der Waals surface area contributed by atoms with Crippen LogP contribution in [0.15, 0.2) is 36.7 Å². The Kier molecular flexibility index (Phi) is 19.4. The number of rotatable bonds is 29. The summed E-state index contributed by atoms with van der Waals surface area (Å²) >= 11 is 12.5. The molecule has 334 valence electrons. The number of benzene rings is 1. The molecule has 2 saturated heterocycles. The fourth-order valence-electron chi connectivity index (χ4n) is 7.80. The van der Waals surface area contributed by atoms with E-state index in [1.807, 2.05) is 0 Å². The highest BCUT2D eigenvalue weighted by molar-refractivity contribution is 7.47. The fraction of sp³-hybridized carbons (Fsp3) is 0.698. The average molecular weight is 897 g/mol. The first-order valence-electron chi connectivity index (χ1n) is 21.7. The summed E-state index contributed by atoms with van der Waals surface area (Å²) in [6.07, 6.45) is 18.3. The molecule has 60 heavy (non-hydrogen) atoms. The second kappa shape index (κ2) is 23.9. The summed E-state index contributed by atoms with van der Waals surface area (Å²) in [6.45, 7) is 5.63. The minimum Gasteiger partial charge on any atom is -0.382 e. The molecular formula is C43H64Cl2N5O9P. The normalized spacial score (nSPS) is 22.5. The van der Waals surface area contributed by atoms with Crippen LogP contribution >= 0.6 is 31.0 Å². The van der Waals surface area contributed by atoms with Crippen LogP contribution < -0.4 is 5.73 Å². The molecule has 3 aromatic rings. The summed E-state index contributed by atoms with van der Waals surface area (Å²) in [5.41, 5.74) is 5.81. The van der Waals surface area contributed by atoms with Crippen molar-refractivity contribution in [2.24, 2.45) is 0 Å². The molecule has 2 aromatic heterocycles. The minimum absolute atomic E-state index is 0.0936. The maximum Gasteiger partial charge on any atom is 0.472 e. The van der Waals surface area contributed by atoms with Crippen LogP contribution in [0.2, 0.25) is 10.0 Å². The summed E-state index contributed by atoms with van der Waals surface area (Å²) in [4.78, 5) is 14.9. The van der Waals surface area contributed by atoms with Gasteiger partial charge in [-0.2, -0.15) is 10.4 Å². The van der Waals surface area contributed by atoms with Crippen LogP contribution in [0.5, 0.6) is 0 Å². The number of phosphoric acid groups is 1. The van der Waals surface area contributed by atoms with E-state index in [0.29, 0.717) is 33.4 Å². The van der Waals surface area contributed by atoms with Gasteiger partial charge in [0.15, 0.2) is 11.6 Å². The summed E-state index contributed by atoms with van der Waals surface area (Å²) in [7, 11) is -4.69. The van der Waals surface area contributed by atoms with E-state index in [-0.39, 0.29) is 25.6 Å². The molecule has 2 aliphatic heterocycles. The number of hydrogen-bond acceptors (Lipinski definition) is 12. The second-order valence-electron chi connectivity index (χ2n) is 16.3. The number of unbranched alkanes of at least 4 members (excludes halogenated alkanes) is 15. The van der Waals surface area contributed by atoms with Crippen LogP contribution in [0.1, 0.15) is 135 Å². The van der Waals surface area contributed by atoms with E-state index in [2.05, 4.69) is 23.1 Å². The molecule has 4 heterocycles. The van der Waals surface area contributed by atoms with Gasteiger partial charge in [0.1, 0.15) is 42.3 Å². The van der Waals surface area contributed by atoms with Gasteiger partial charge in [-0.25, -0.2) is 14.1 Å². The van der Waals surface area contributed by atoms with Crippen LogP contribution in [-0.4, -0.2) is 76.1 Å². The molecule has 1 aromatic carbocycles. The highest BCUT2D eigenvalue weighted by atomic mass is 35.5. The SMILES string of the molecule is CCCCCCCCCCCCCCCCCCOC[C@H](COP(=O)(O)OC[C@H]1O[C@@](C#N)(c2ccc3c(N)ncnn23)[C@@H]2OC(C)(C)O[C@@H]21)OCc1ccc(Cl)cc1Cl. The van der Waals surface area contributed by atoms with E-state index >= 15 is 0 Å². The van der Waals surface area contributed by atoms with Gasteiger partial charge in [0.25, 0.3) is 0 Å². The molecule has 3 N–H and O–H groups in total. The largest absolute Gasteiger partial charge is 0.472 e. The maximum absolute atomic E-state index is 13.3. The number of halogens is 2. The molecule has 5 rings (SSSR count). The van der Waals surface area contributed by atoms with Gasteiger partial charge in [-0.3, -0.25) is 9.05 Å². The Hall–Kier alpha value is -2.38. The second-order valence-corrected chi connectivity index (χ2v) is 18.6. The molecule has 0 amide bonds. The van der Waals surface area contributed by atoms with Gasteiger partial charge in [-0.15, -0.1) is 0 Å². The predicted octanol–water partition coefficient (Wildman–Crippen LogP) is 10.3. The molecule has 0 spiro atoms. The Morgan fingerprint density at radius 2 is 1.57 bits per heavy atom. The number of fused-ring (bicyclic) bond motifs is 2. The standard InChI is InChI=1S/C43H64Cl2N5O9P/c1-4-5-6-7-8-9-10-11-12-13-14-15-16-17-18-19-24-53-27-34(54-26-32-20-21-33(44)25-35(32)45)28-55-60(51,52)56-29-37-39-40(59-42(2,3)58-39)43(30-46,57-37)38-23-22-36-41(47)48-31-49-50(36)38/h20-23,25,31,34,37,39-40H,4-19,24,26-29H2,1-3H3,(H,51,52)(H2,47,48,49)/t34-,37-,39-,40-,43+/m1/s1. The third-order valence-corrected chi connectivity index (χ3v) is 12.6. The number of ether oxygens (including phenoxy) is 5. The topological polar surface area (TPSA) is 182 Å². The van der Waals surface area contributed by atoms with Gasteiger partial charge in [0.05, 0.1) is 32.1 Å². The Balaban J connectivity index is 1.07. The molecule has 1 unspecified atom stereocenters. The fourth-order valence-corrected chi connectivity index (χ4v) is 9.03. The molecule has 6 atom stereocenters. The highest BCUT2D eigenvalue weighted by Crippen LogP contribution is 2.51. The lowest BCUT2D eigenvalue weighted by Crippen LogP contribution is -2.40. The van der Waals surface area contributed by atoms with Gasteiger partial charge in [-0.1, -0.05) is 133 Å². The predicted molar refractivity (Wildman–Crippen MR) is 231 cm³/mol. The van der Waals surface area contributed by atoms with Crippen molar-refractivity contribution in [1.29, 1.82) is 5.26 Å². The lowest BCUT2D eigenvalue weighted by Gasteiger charge is -2.29. The third-order valence-electron chi connectivity index (χ3n) is 11.0. The molecule has 0 radical (unpaired) electrons. The van der Waals surface area contributed by atoms with Crippen LogP contribution in [0.4, 0.5) is 5.82 Å². The Morgan fingerprint density at radius 3 is 2.20 bits per heavy atom. The van der Waals surface area contributed by atoms with E-state index in [0.717, 1.165) is 19.3 Å². The van der Waals surface area contributed by atoms with Gasteiger partial charge >= 0.3 is 7.82 Å². The number of nitrogens with zero attached hydrogens (tertiary/aromatic N) is 4. The van der Waals surface area contributed by atoms with Crippen LogP contribution in [-0.2, 0) is 49.5 Å². The molecule has 0 saturated carbocycles. The zero-order valence-electron chi connectivity index (χ0n) is 35.4. The molecule has 0 aliphatic carbocycles. The van der Waals surface area contributed by atoms with Crippen molar-refractivity contribution >= 4 is 42.4 Å². The number of nitrogens with two attached hydrogens (primary N) is 1. The number of phosphoric ester groups is 1. The number of aromatic nitrogens is 3. The molecular weight excluding hydrogens is 832 g/mol. The van der Waals surface area contributed by atoms with Crippen LogP contribution in [0.25, 0.3) is 5.52 Å². The smallest absolute Gasteiger partial charge is 0.382 e. The molecule has 17 heteroatoms. The van der Waals surface area contributed by atoms with Crippen molar-refractivity contribution in [3.05, 3.63) is 58.0 Å². The van der Waals surface area contributed by atoms with Crippen molar-refractivity contribution in [2.75, 3.05) is 32.2 Å². The van der Waals surface area contributed by atoms with Crippen molar-refractivity contribution in [3.8, 4) is 6.07 Å². The van der Waals surface area contributed by atoms with Crippen molar-refractivity contribution in [1.82, 2.24) is 14.6 Å². The molecule has 2 fully saturated rings. The quantitative estimate of drug-likeness (QED) is 0.0497. The summed E-state index contributed by atoms with van der Waals surface area (Å²) < 4.78 is 56.4. The van der Waals surface area contributed by atoms with Gasteiger partial charge in [0.2, 0.25) is 5.60 Å². The lowest BCUT2D eigenvalue weighted by molar-refractivity contribution is -0.204. The number of anilines is 1. The van der Waals surface area contributed by atoms with Crippen LogP contribution in [0.3, 0.4) is 0 Å². The zero-order valence-corrected chi connectivity index (χ0v) is 37.8. The minimum atomic E-state index is -4.69. The van der Waals surface area contributed by atoms with Crippen molar-refractivity contribution in [2.45, 2.75) is 166 Å². The van der Waals surface area contributed by atoms with E-state index in [1.165, 1.54) is 94.3 Å². The number of nitriles is 1. The maximum atomic E-state index is 13.3. The van der Waals surface area contributed by atoms with Gasteiger partial charge < -0.3 is 34.3 Å². The molecule has 0 bridgehead atoms. The average Bonchev–Trinajstić information content (AvgIpc) is 3.88. The van der Waals surface area contributed by atoms with Crippen LogP contribution in [0, 0.1) is 11.3 Å². The van der Waals surface area contributed by atoms with E-state index in [9.17, 15) is 14.7 Å². The van der Waals surface area contributed by atoms with E-state index in [4.69, 9.17) is 61.7 Å². The van der Waals surface area contributed by atoms with Gasteiger partial charge in [0, 0.05) is 16.7 Å². The zero-order chi connectivity index (χ0) is 43.0. The van der Waals surface area contributed by atoms with Crippen molar-refractivity contribution in [3.63, 3.8) is 0 Å². The number of hydrogen-bond donors (Lipinski definition) is 2. The monoisotopic (exact) mass is 895 g/mol. The van der Waals surface area contributed by atoms with Crippen molar-refractivity contribution < 1.29 is 42.2 Å². The highest BCUT2D eigenvalue weighted by Gasteiger charge is 2.65. The summed E-state index contributed by atoms with van der Waals surface area (Å²) in [5, 5.41) is 15.8. The Morgan fingerprint density at radius 1 is 0.917 bits per heavy atom.